The van der Waals surface area contributed by atoms with Crippen molar-refractivity contribution in [3.8, 4) is 0 Å². The molecule has 2 N–H and O–H groups in total. The van der Waals surface area contributed by atoms with Crippen molar-refractivity contribution in [2.75, 3.05) is 10.6 Å². The first-order valence-corrected chi connectivity index (χ1v) is 11.3. The maximum atomic E-state index is 13.2. The van der Waals surface area contributed by atoms with E-state index < -0.39 is 0 Å². The molecule has 0 bridgehead atoms. The number of anilines is 2. The molecule has 0 fully saturated rings. The summed E-state index contributed by atoms with van der Waals surface area (Å²) in [4.78, 5) is 0. The Morgan fingerprint density at radius 2 is 1.72 bits per heavy atom. The Hall–Kier alpha value is -2.46. The van der Waals surface area contributed by atoms with Crippen LogP contribution in [0.15, 0.2) is 65.4 Å². The van der Waals surface area contributed by atoms with Gasteiger partial charge >= 0.3 is 0 Å². The van der Waals surface area contributed by atoms with Crippen LogP contribution in [0, 0.1) is 5.82 Å². The predicted octanol–water partition coefficient (Wildman–Crippen LogP) is 6.19. The van der Waals surface area contributed by atoms with E-state index in [4.69, 9.17) is 35.4 Å². The summed E-state index contributed by atoms with van der Waals surface area (Å²) in [6.07, 6.45) is 3.62. The number of hydrogen-bond donors (Lipinski definition) is 2. The van der Waals surface area contributed by atoms with Crippen molar-refractivity contribution in [2.45, 2.75) is 13.1 Å². The zero-order valence-corrected chi connectivity index (χ0v) is 20.3. The van der Waals surface area contributed by atoms with Gasteiger partial charge in [0.2, 0.25) is 0 Å². The largest absolute Gasteiger partial charge is 0.316 e. The molecule has 0 radical (unpaired) electrons. The highest BCUT2D eigenvalue weighted by Crippen LogP contribution is 2.23. The van der Waals surface area contributed by atoms with Crippen molar-refractivity contribution in [3.63, 3.8) is 0 Å². The second kappa shape index (κ2) is 9.99. The molecule has 2 heterocycles. The number of nitrogens with zero attached hydrogens (tertiary/aromatic N) is 4. The summed E-state index contributed by atoms with van der Waals surface area (Å²) < 4.78 is 17.4. The van der Waals surface area contributed by atoms with E-state index in [1.54, 1.807) is 27.7 Å². The Labute approximate surface area is 207 Å². The van der Waals surface area contributed by atoms with E-state index in [0.717, 1.165) is 15.6 Å². The normalized spacial score (nSPS) is 10.9. The molecule has 0 spiro atoms. The molecule has 32 heavy (non-hydrogen) atoms. The molecule has 0 saturated heterocycles. The molecule has 4 rings (SSSR count). The van der Waals surface area contributed by atoms with Gasteiger partial charge in [0, 0.05) is 28.5 Å². The molecule has 2 aromatic heterocycles. The summed E-state index contributed by atoms with van der Waals surface area (Å²) in [7, 11) is 0. The van der Waals surface area contributed by atoms with E-state index in [1.807, 2.05) is 30.5 Å². The van der Waals surface area contributed by atoms with Crippen LogP contribution < -0.4 is 10.6 Å². The molecule has 0 atom stereocenters. The molecule has 11 heteroatoms. The van der Waals surface area contributed by atoms with Gasteiger partial charge in [-0.15, -0.1) is 0 Å². The van der Waals surface area contributed by atoms with Crippen molar-refractivity contribution in [1.82, 2.24) is 19.6 Å². The van der Waals surface area contributed by atoms with Crippen molar-refractivity contribution < 1.29 is 4.39 Å². The summed E-state index contributed by atoms with van der Waals surface area (Å²) >= 11 is 21.2. The third kappa shape index (κ3) is 5.66. The topological polar surface area (TPSA) is 59.7 Å². The fourth-order valence-electron chi connectivity index (χ4n) is 2.96. The van der Waals surface area contributed by atoms with Crippen LogP contribution in [0.1, 0.15) is 11.1 Å². The van der Waals surface area contributed by atoms with Gasteiger partial charge in [-0.1, -0.05) is 47.5 Å². The highest BCUT2D eigenvalue weighted by atomic mass is 79.9. The van der Waals surface area contributed by atoms with E-state index in [9.17, 15) is 4.39 Å². The monoisotopic (exact) mass is 552 g/mol. The molecule has 0 unspecified atom stereocenters. The SMILES string of the molecule is Fc1ccc(Cn2ccc(NC(=S)Nc3nn(Cc4ccccc4Cl)cc3Br)n2)c(Cl)c1. The second-order valence-electron chi connectivity index (χ2n) is 6.83. The summed E-state index contributed by atoms with van der Waals surface area (Å²) in [5.41, 5.74) is 1.72. The number of halogens is 4. The van der Waals surface area contributed by atoms with Crippen molar-refractivity contribution >= 4 is 68.1 Å². The highest BCUT2D eigenvalue weighted by molar-refractivity contribution is 9.10. The van der Waals surface area contributed by atoms with Crippen molar-refractivity contribution in [2.24, 2.45) is 0 Å². The standard InChI is InChI=1S/C21H16BrCl2FN6S/c22-16-12-31(11-13-3-1-2-4-17(13)23)29-20(16)27-21(32)26-19-7-8-30(28-19)10-14-5-6-15(25)9-18(14)24/h1-9,12H,10-11H2,(H2,26,27,28,29,32). The quantitative estimate of drug-likeness (QED) is 0.279. The van der Waals surface area contributed by atoms with Gasteiger partial charge in [0.25, 0.3) is 0 Å². The van der Waals surface area contributed by atoms with Crippen LogP contribution in [-0.4, -0.2) is 24.7 Å². The highest BCUT2D eigenvalue weighted by Gasteiger charge is 2.11. The van der Waals surface area contributed by atoms with Crippen LogP contribution in [0.5, 0.6) is 0 Å². The average Bonchev–Trinajstić information content (AvgIpc) is 3.32. The summed E-state index contributed by atoms with van der Waals surface area (Å²) in [5, 5.41) is 16.4. The first kappa shape index (κ1) is 22.7. The number of thiocarbonyl (C=S) groups is 1. The molecule has 0 aliphatic rings. The van der Waals surface area contributed by atoms with Crippen LogP contribution >= 0.6 is 51.3 Å². The smallest absolute Gasteiger partial charge is 0.177 e. The Morgan fingerprint density at radius 3 is 2.50 bits per heavy atom. The second-order valence-corrected chi connectivity index (χ2v) is 8.91. The van der Waals surface area contributed by atoms with E-state index >= 15 is 0 Å². The minimum absolute atomic E-state index is 0.332. The molecule has 0 amide bonds. The van der Waals surface area contributed by atoms with Crippen molar-refractivity contribution in [1.29, 1.82) is 0 Å². The molecule has 0 saturated carbocycles. The molecular formula is C21H16BrCl2FN6S. The first-order valence-electron chi connectivity index (χ1n) is 9.39. The number of nitrogens with one attached hydrogen (secondary N) is 2. The summed E-state index contributed by atoms with van der Waals surface area (Å²) in [6, 6.07) is 13.7. The van der Waals surface area contributed by atoms with Gasteiger partial charge in [-0.05, 0) is 57.5 Å². The Morgan fingerprint density at radius 1 is 0.969 bits per heavy atom. The molecule has 4 aromatic rings. The predicted molar refractivity (Wildman–Crippen MR) is 133 cm³/mol. The molecule has 164 valence electrons. The lowest BCUT2D eigenvalue weighted by Gasteiger charge is -2.07. The zero-order valence-electron chi connectivity index (χ0n) is 16.4. The third-order valence-electron chi connectivity index (χ3n) is 4.47. The molecule has 6 nitrogen and oxygen atoms in total. The van der Waals surface area contributed by atoms with Crippen LogP contribution in [0.2, 0.25) is 10.0 Å². The van der Waals surface area contributed by atoms with Gasteiger partial charge in [0.15, 0.2) is 16.7 Å². The van der Waals surface area contributed by atoms with Gasteiger partial charge in [0.05, 0.1) is 17.6 Å². The fourth-order valence-corrected chi connectivity index (χ4v) is 4.00. The summed E-state index contributed by atoms with van der Waals surface area (Å²) in [6.45, 7) is 0.926. The van der Waals surface area contributed by atoms with Gasteiger partial charge in [-0.2, -0.15) is 10.2 Å². The first-order chi connectivity index (χ1) is 15.4. The molecular weight excluding hydrogens is 538 g/mol. The Bertz CT molecular complexity index is 1270. The number of aromatic nitrogens is 4. The van der Waals surface area contributed by atoms with Gasteiger partial charge in [-0.25, -0.2) is 4.39 Å². The number of benzene rings is 2. The van der Waals surface area contributed by atoms with Crippen LogP contribution in [0.25, 0.3) is 0 Å². The van der Waals surface area contributed by atoms with Crippen LogP contribution in [-0.2, 0) is 13.1 Å². The molecule has 0 aliphatic carbocycles. The lowest BCUT2D eigenvalue weighted by atomic mass is 10.2. The average molecular weight is 554 g/mol. The maximum absolute atomic E-state index is 13.2. The minimum atomic E-state index is -0.376. The lowest BCUT2D eigenvalue weighted by molar-refractivity contribution is 0.624. The maximum Gasteiger partial charge on any atom is 0.177 e. The fraction of sp³-hybridized carbons (Fsp3) is 0.0952. The van der Waals surface area contributed by atoms with Gasteiger partial charge < -0.3 is 10.6 Å². The Kier molecular flexibility index (Phi) is 7.10. The molecule has 0 aliphatic heterocycles. The lowest BCUT2D eigenvalue weighted by Crippen LogP contribution is -2.20. The number of rotatable bonds is 6. The van der Waals surface area contributed by atoms with E-state index in [2.05, 4.69) is 36.8 Å². The minimum Gasteiger partial charge on any atom is -0.316 e. The number of hydrogen-bond acceptors (Lipinski definition) is 3. The van der Waals surface area contributed by atoms with E-state index in [0.29, 0.717) is 39.9 Å². The van der Waals surface area contributed by atoms with Gasteiger partial charge in [-0.3, -0.25) is 9.36 Å². The van der Waals surface area contributed by atoms with Gasteiger partial charge in [0.1, 0.15) is 5.82 Å². The van der Waals surface area contributed by atoms with Crippen LogP contribution in [0.4, 0.5) is 16.0 Å². The zero-order chi connectivity index (χ0) is 22.7. The third-order valence-corrected chi connectivity index (χ3v) is 5.97. The van der Waals surface area contributed by atoms with E-state index in [1.165, 1.54) is 12.1 Å². The van der Waals surface area contributed by atoms with Crippen LogP contribution in [0.3, 0.4) is 0 Å². The Balaban J connectivity index is 1.37. The summed E-state index contributed by atoms with van der Waals surface area (Å²) in [5.74, 6) is 0.734. The molecule has 2 aromatic carbocycles. The van der Waals surface area contributed by atoms with E-state index in [-0.39, 0.29) is 5.82 Å². The van der Waals surface area contributed by atoms with Crippen molar-refractivity contribution in [3.05, 3.63) is 92.4 Å².